The summed E-state index contributed by atoms with van der Waals surface area (Å²) in [6.45, 7) is 1.07. The molecule has 1 fully saturated rings. The molecule has 0 amide bonds. The first-order valence-corrected chi connectivity index (χ1v) is 4.64. The molecule has 0 spiro atoms. The first kappa shape index (κ1) is 8.71. The zero-order chi connectivity index (χ0) is 9.42. The van der Waals surface area contributed by atoms with Gasteiger partial charge in [-0.3, -0.25) is 4.79 Å². The molecule has 13 heavy (non-hydrogen) atoms. The highest BCUT2D eigenvalue weighted by Gasteiger charge is 2.27. The number of nitrogens with zero attached hydrogens (tertiary/aromatic N) is 2. The summed E-state index contributed by atoms with van der Waals surface area (Å²) in [5, 5.41) is 9.07. The van der Waals surface area contributed by atoms with Gasteiger partial charge in [0, 0.05) is 13.1 Å². The van der Waals surface area contributed by atoms with Gasteiger partial charge in [-0.2, -0.15) is 0 Å². The number of aromatic nitrogens is 2. The van der Waals surface area contributed by atoms with E-state index in [1.807, 2.05) is 4.90 Å². The first-order valence-electron chi connectivity index (χ1n) is 3.84. The van der Waals surface area contributed by atoms with Crippen LogP contribution in [0.1, 0.15) is 0 Å². The molecule has 0 radical (unpaired) electrons. The minimum Gasteiger partial charge on any atom is -0.389 e. The summed E-state index contributed by atoms with van der Waals surface area (Å²) < 4.78 is 0.418. The maximum Gasteiger partial charge on any atom is 0.267 e. The van der Waals surface area contributed by atoms with Gasteiger partial charge >= 0.3 is 0 Å². The maximum atomic E-state index is 11.1. The van der Waals surface area contributed by atoms with Crippen LogP contribution in [0.2, 0.25) is 0 Å². The lowest BCUT2D eigenvalue weighted by Gasteiger charge is -2.36. The number of β-amino-alcohol motifs (C(OH)–C–C–N with tert-alkyl or cyclic N) is 1. The van der Waals surface area contributed by atoms with Crippen molar-refractivity contribution in [1.29, 1.82) is 0 Å². The Hall–Kier alpha value is -0.880. The predicted molar refractivity (Wildman–Crippen MR) is 50.8 cm³/mol. The average Bonchev–Trinajstić information content (AvgIpc) is 2.05. The highest BCUT2D eigenvalue weighted by molar-refractivity contribution is 9.10. The molecule has 5 nitrogen and oxygen atoms in total. The SMILES string of the molecule is O=c1[nH]cnc(N2CC(O)C2)c1Br. The number of aliphatic hydroxyl groups excluding tert-OH is 1. The van der Waals surface area contributed by atoms with Crippen LogP contribution in [0.4, 0.5) is 5.82 Å². The van der Waals surface area contributed by atoms with Crippen molar-refractivity contribution in [2.45, 2.75) is 6.10 Å². The Kier molecular flexibility index (Phi) is 2.09. The molecule has 6 heteroatoms. The van der Waals surface area contributed by atoms with Gasteiger partial charge in [-0.15, -0.1) is 0 Å². The lowest BCUT2D eigenvalue weighted by Crippen LogP contribution is -2.51. The summed E-state index contributed by atoms with van der Waals surface area (Å²) in [4.78, 5) is 19.4. The van der Waals surface area contributed by atoms with Crippen molar-refractivity contribution in [3.8, 4) is 0 Å². The van der Waals surface area contributed by atoms with Crippen LogP contribution in [-0.4, -0.2) is 34.3 Å². The zero-order valence-electron chi connectivity index (χ0n) is 6.70. The molecule has 0 saturated carbocycles. The molecule has 1 aliphatic heterocycles. The van der Waals surface area contributed by atoms with Crippen molar-refractivity contribution in [2.24, 2.45) is 0 Å². The second kappa shape index (κ2) is 3.12. The number of halogens is 1. The zero-order valence-corrected chi connectivity index (χ0v) is 8.28. The monoisotopic (exact) mass is 245 g/mol. The van der Waals surface area contributed by atoms with Crippen LogP contribution in [0.25, 0.3) is 0 Å². The second-order valence-corrected chi connectivity index (χ2v) is 3.72. The largest absolute Gasteiger partial charge is 0.389 e. The van der Waals surface area contributed by atoms with Crippen LogP contribution < -0.4 is 10.5 Å². The number of anilines is 1. The maximum absolute atomic E-state index is 11.1. The highest BCUT2D eigenvalue weighted by Crippen LogP contribution is 2.23. The summed E-state index contributed by atoms with van der Waals surface area (Å²) in [7, 11) is 0. The topological polar surface area (TPSA) is 69.2 Å². The summed E-state index contributed by atoms with van der Waals surface area (Å²) >= 11 is 3.15. The Balaban J connectivity index is 2.31. The van der Waals surface area contributed by atoms with Gasteiger partial charge in [-0.05, 0) is 15.9 Å². The molecule has 2 N–H and O–H groups in total. The Morgan fingerprint density at radius 2 is 2.38 bits per heavy atom. The van der Waals surface area contributed by atoms with Crippen LogP contribution in [-0.2, 0) is 0 Å². The van der Waals surface area contributed by atoms with Crippen LogP contribution in [0.15, 0.2) is 15.6 Å². The number of hydrogen-bond acceptors (Lipinski definition) is 4. The minimum absolute atomic E-state index is 0.202. The molecule has 2 rings (SSSR count). The Morgan fingerprint density at radius 1 is 1.69 bits per heavy atom. The van der Waals surface area contributed by atoms with Crippen LogP contribution in [0, 0.1) is 0 Å². The Bertz CT molecular complexity index is 372. The summed E-state index contributed by atoms with van der Waals surface area (Å²) in [5.74, 6) is 0.592. The number of aromatic amines is 1. The number of H-pyrrole nitrogens is 1. The molecule has 2 heterocycles. The molecule has 1 aromatic rings. The van der Waals surface area contributed by atoms with Crippen molar-refractivity contribution in [3.63, 3.8) is 0 Å². The summed E-state index contributed by atoms with van der Waals surface area (Å²) in [6, 6.07) is 0. The average molecular weight is 246 g/mol. The molecule has 0 unspecified atom stereocenters. The molecule has 0 aromatic carbocycles. The summed E-state index contributed by atoms with van der Waals surface area (Å²) in [6.07, 6.45) is 1.06. The van der Waals surface area contributed by atoms with E-state index >= 15 is 0 Å². The molecule has 0 atom stereocenters. The third kappa shape index (κ3) is 1.47. The molecule has 1 saturated heterocycles. The van der Waals surface area contributed by atoms with E-state index in [4.69, 9.17) is 5.11 Å². The summed E-state index contributed by atoms with van der Waals surface area (Å²) in [5.41, 5.74) is -0.202. The lowest BCUT2D eigenvalue weighted by molar-refractivity contribution is 0.141. The van der Waals surface area contributed by atoms with Crippen LogP contribution in [0.3, 0.4) is 0 Å². The Morgan fingerprint density at radius 3 is 3.00 bits per heavy atom. The van der Waals surface area contributed by atoms with E-state index < -0.39 is 0 Å². The number of hydrogen-bond donors (Lipinski definition) is 2. The van der Waals surface area contributed by atoms with E-state index in [0.29, 0.717) is 23.4 Å². The van der Waals surface area contributed by atoms with E-state index in [0.717, 1.165) is 0 Å². The van der Waals surface area contributed by atoms with Gasteiger partial charge in [0.1, 0.15) is 4.47 Å². The van der Waals surface area contributed by atoms with Gasteiger partial charge in [0.2, 0.25) is 0 Å². The van der Waals surface area contributed by atoms with E-state index in [2.05, 4.69) is 25.9 Å². The molecular formula is C7H8BrN3O2. The van der Waals surface area contributed by atoms with E-state index in [9.17, 15) is 4.79 Å². The van der Waals surface area contributed by atoms with Crippen LogP contribution in [0.5, 0.6) is 0 Å². The van der Waals surface area contributed by atoms with Crippen molar-refractivity contribution < 1.29 is 5.11 Å². The van der Waals surface area contributed by atoms with Crippen molar-refractivity contribution in [1.82, 2.24) is 9.97 Å². The fraction of sp³-hybridized carbons (Fsp3) is 0.429. The minimum atomic E-state index is -0.298. The van der Waals surface area contributed by atoms with Gasteiger partial charge < -0.3 is 15.0 Å². The van der Waals surface area contributed by atoms with Crippen molar-refractivity contribution >= 4 is 21.7 Å². The molecule has 70 valence electrons. The molecular weight excluding hydrogens is 238 g/mol. The Labute approximate surface area is 82.5 Å². The lowest BCUT2D eigenvalue weighted by atomic mass is 10.2. The van der Waals surface area contributed by atoms with E-state index in [1.54, 1.807) is 0 Å². The first-order chi connectivity index (χ1) is 6.18. The molecule has 1 aromatic heterocycles. The quantitative estimate of drug-likeness (QED) is 0.714. The van der Waals surface area contributed by atoms with Gasteiger partial charge in [0.15, 0.2) is 5.82 Å². The van der Waals surface area contributed by atoms with Gasteiger partial charge in [0.05, 0.1) is 12.4 Å². The van der Waals surface area contributed by atoms with E-state index in [1.165, 1.54) is 6.33 Å². The molecule has 1 aliphatic rings. The number of aliphatic hydroxyl groups is 1. The van der Waals surface area contributed by atoms with Gasteiger partial charge in [-0.1, -0.05) is 0 Å². The van der Waals surface area contributed by atoms with E-state index in [-0.39, 0.29) is 11.7 Å². The fourth-order valence-electron chi connectivity index (χ4n) is 1.22. The standard InChI is InChI=1S/C7H8BrN3O2/c8-5-6(9-3-10-7(5)13)11-1-4(12)2-11/h3-4,12H,1-2H2,(H,9,10,13). The van der Waals surface area contributed by atoms with Crippen LogP contribution >= 0.6 is 15.9 Å². The van der Waals surface area contributed by atoms with Gasteiger partial charge in [-0.25, -0.2) is 4.98 Å². The smallest absolute Gasteiger partial charge is 0.267 e. The normalized spacial score (nSPS) is 17.2. The van der Waals surface area contributed by atoms with Crippen molar-refractivity contribution in [2.75, 3.05) is 18.0 Å². The van der Waals surface area contributed by atoms with Gasteiger partial charge in [0.25, 0.3) is 5.56 Å². The predicted octanol–water partition coefficient (Wildman–Crippen LogP) is -0.287. The highest BCUT2D eigenvalue weighted by atomic mass is 79.9. The van der Waals surface area contributed by atoms with Crippen molar-refractivity contribution in [3.05, 3.63) is 21.2 Å². The molecule has 0 aliphatic carbocycles. The number of rotatable bonds is 1. The third-order valence-corrected chi connectivity index (χ3v) is 2.65. The third-order valence-electron chi connectivity index (χ3n) is 1.94. The molecule has 0 bridgehead atoms. The number of nitrogens with one attached hydrogen (secondary N) is 1. The second-order valence-electron chi connectivity index (χ2n) is 2.93. The fourth-order valence-corrected chi connectivity index (χ4v) is 1.69.